The number of benzene rings is 1. The Morgan fingerprint density at radius 3 is 2.68 bits per heavy atom. The number of halogens is 1. The lowest BCUT2D eigenvalue weighted by atomic mass is 10.1. The number of para-hydroxylation sites is 1. The molecule has 3 N–H and O–H groups in total. The molecule has 1 aromatic carbocycles. The minimum absolute atomic E-state index is 0. The summed E-state index contributed by atoms with van der Waals surface area (Å²) in [5.74, 6) is 0.849. The Labute approximate surface area is 202 Å². The largest absolute Gasteiger partial charge is 0.361 e. The number of fused-ring (bicyclic) bond motifs is 1. The van der Waals surface area contributed by atoms with Crippen molar-refractivity contribution < 1.29 is 0 Å². The van der Waals surface area contributed by atoms with Gasteiger partial charge in [-0.25, -0.2) is 0 Å². The van der Waals surface area contributed by atoms with E-state index in [1.165, 1.54) is 27.6 Å². The van der Waals surface area contributed by atoms with Gasteiger partial charge in [0.2, 0.25) is 0 Å². The topological polar surface area (TPSA) is 73.3 Å². The van der Waals surface area contributed by atoms with E-state index in [1.807, 2.05) is 17.9 Å². The van der Waals surface area contributed by atoms with Gasteiger partial charge in [-0.15, -0.1) is 24.0 Å². The van der Waals surface area contributed by atoms with Crippen LogP contribution in [0.5, 0.6) is 0 Å². The SMILES string of the molecule is CCNC(=NCC(c1cnn(C)c1)N(C)C)NCCc1c[nH]c2c(CC)cccc12.I. The average molecular weight is 537 g/mol. The molecule has 0 aliphatic carbocycles. The zero-order chi connectivity index (χ0) is 21.5. The fraction of sp³-hybridized carbons (Fsp3) is 0.478. The second-order valence-corrected chi connectivity index (χ2v) is 7.83. The van der Waals surface area contributed by atoms with Crippen LogP contribution in [0.3, 0.4) is 0 Å². The minimum atomic E-state index is 0. The highest BCUT2D eigenvalue weighted by molar-refractivity contribution is 14.0. The van der Waals surface area contributed by atoms with Crippen LogP contribution in [0.4, 0.5) is 0 Å². The van der Waals surface area contributed by atoms with Crippen molar-refractivity contribution in [1.82, 2.24) is 30.3 Å². The number of aryl methyl sites for hydroxylation is 2. The number of nitrogens with one attached hydrogen (secondary N) is 3. The molecule has 0 aliphatic heterocycles. The molecule has 2 heterocycles. The smallest absolute Gasteiger partial charge is 0.191 e. The molecule has 7 nitrogen and oxygen atoms in total. The molecular formula is C23H36IN7. The number of H-pyrrole nitrogens is 1. The van der Waals surface area contributed by atoms with Crippen molar-refractivity contribution in [3.8, 4) is 0 Å². The van der Waals surface area contributed by atoms with Crippen LogP contribution < -0.4 is 10.6 Å². The van der Waals surface area contributed by atoms with Gasteiger partial charge in [-0.2, -0.15) is 5.10 Å². The molecule has 1 atom stereocenters. The summed E-state index contributed by atoms with van der Waals surface area (Å²) in [5, 5.41) is 12.5. The van der Waals surface area contributed by atoms with Crippen molar-refractivity contribution in [2.24, 2.45) is 12.0 Å². The first kappa shape index (κ1) is 25.2. The predicted molar refractivity (Wildman–Crippen MR) is 140 cm³/mol. The van der Waals surface area contributed by atoms with Crippen molar-refractivity contribution >= 4 is 40.8 Å². The number of aliphatic imine (C=N–C) groups is 1. The molecule has 0 saturated heterocycles. The Balaban J connectivity index is 0.00000341. The maximum atomic E-state index is 4.84. The number of aromatic nitrogens is 3. The van der Waals surface area contributed by atoms with E-state index in [0.29, 0.717) is 6.54 Å². The monoisotopic (exact) mass is 537 g/mol. The van der Waals surface area contributed by atoms with Gasteiger partial charge in [-0.05, 0) is 45.0 Å². The third-order valence-corrected chi connectivity index (χ3v) is 5.45. The lowest BCUT2D eigenvalue weighted by molar-refractivity contribution is 0.306. The molecule has 1 unspecified atom stereocenters. The van der Waals surface area contributed by atoms with Gasteiger partial charge in [0.05, 0.1) is 18.8 Å². The standard InChI is InChI=1S/C23H35N7.HI/c1-6-17-9-8-10-20-18(13-26-22(17)20)11-12-25-23(24-7-2)27-15-21(29(3)4)19-14-28-30(5)16-19;/h8-10,13-14,16,21,26H,6-7,11-12,15H2,1-5H3,(H2,24,25,27);1H. The summed E-state index contributed by atoms with van der Waals surface area (Å²) in [4.78, 5) is 10.5. The molecule has 2 aromatic heterocycles. The number of likely N-dealkylation sites (N-methyl/N-ethyl adjacent to an activating group) is 1. The Morgan fingerprint density at radius 2 is 2.03 bits per heavy atom. The van der Waals surface area contributed by atoms with Crippen molar-refractivity contribution in [2.45, 2.75) is 32.7 Å². The Kier molecular flexibility index (Phi) is 9.83. The highest BCUT2D eigenvalue weighted by atomic mass is 127. The lowest BCUT2D eigenvalue weighted by Crippen LogP contribution is -2.39. The normalized spacial score (nSPS) is 12.8. The molecule has 0 radical (unpaired) electrons. The van der Waals surface area contributed by atoms with Crippen LogP contribution >= 0.6 is 24.0 Å². The van der Waals surface area contributed by atoms with Gasteiger partial charge in [-0.1, -0.05) is 25.1 Å². The van der Waals surface area contributed by atoms with E-state index in [4.69, 9.17) is 4.99 Å². The molecular weight excluding hydrogens is 501 g/mol. The number of nitrogens with zero attached hydrogens (tertiary/aromatic N) is 4. The molecule has 3 rings (SSSR count). The molecule has 0 spiro atoms. The van der Waals surface area contributed by atoms with Crippen LogP contribution in [0.1, 0.15) is 36.6 Å². The van der Waals surface area contributed by atoms with Gasteiger partial charge >= 0.3 is 0 Å². The third-order valence-electron chi connectivity index (χ3n) is 5.45. The number of hydrogen-bond acceptors (Lipinski definition) is 3. The molecule has 170 valence electrons. The van der Waals surface area contributed by atoms with E-state index in [9.17, 15) is 0 Å². The quantitative estimate of drug-likeness (QED) is 0.222. The number of aromatic amines is 1. The lowest BCUT2D eigenvalue weighted by Gasteiger charge is -2.22. The first-order valence-electron chi connectivity index (χ1n) is 10.8. The van der Waals surface area contributed by atoms with E-state index in [0.717, 1.165) is 31.9 Å². The predicted octanol–water partition coefficient (Wildman–Crippen LogP) is 3.48. The molecule has 0 amide bonds. The number of guanidine groups is 1. The Morgan fingerprint density at radius 1 is 1.23 bits per heavy atom. The van der Waals surface area contributed by atoms with Gasteiger partial charge in [-0.3, -0.25) is 9.67 Å². The Bertz CT molecular complexity index is 973. The summed E-state index contributed by atoms with van der Waals surface area (Å²) in [6.07, 6.45) is 8.10. The van der Waals surface area contributed by atoms with Crippen molar-refractivity contribution in [3.63, 3.8) is 0 Å². The van der Waals surface area contributed by atoms with Crippen molar-refractivity contribution in [1.29, 1.82) is 0 Å². The first-order chi connectivity index (χ1) is 14.5. The van der Waals surface area contributed by atoms with E-state index < -0.39 is 0 Å². The molecule has 0 aliphatic rings. The molecule has 0 fully saturated rings. The number of rotatable bonds is 9. The summed E-state index contributed by atoms with van der Waals surface area (Å²) in [7, 11) is 6.10. The van der Waals surface area contributed by atoms with Crippen LogP contribution in [0.15, 0.2) is 41.8 Å². The minimum Gasteiger partial charge on any atom is -0.361 e. The summed E-state index contributed by atoms with van der Waals surface area (Å²) in [6.45, 7) is 6.62. The van der Waals surface area contributed by atoms with Gasteiger partial charge in [0.25, 0.3) is 0 Å². The van der Waals surface area contributed by atoms with Gasteiger partial charge < -0.3 is 20.5 Å². The summed E-state index contributed by atoms with van der Waals surface area (Å²) in [6, 6.07) is 6.74. The fourth-order valence-electron chi connectivity index (χ4n) is 3.79. The zero-order valence-electron chi connectivity index (χ0n) is 19.3. The highest BCUT2D eigenvalue weighted by Crippen LogP contribution is 2.22. The fourth-order valence-corrected chi connectivity index (χ4v) is 3.79. The van der Waals surface area contributed by atoms with Crippen molar-refractivity contribution in [3.05, 3.63) is 53.5 Å². The van der Waals surface area contributed by atoms with E-state index in [-0.39, 0.29) is 30.0 Å². The molecule has 31 heavy (non-hydrogen) atoms. The summed E-state index contributed by atoms with van der Waals surface area (Å²) in [5.41, 5.74) is 5.14. The maximum absolute atomic E-state index is 4.84. The van der Waals surface area contributed by atoms with Crippen LogP contribution in [0, 0.1) is 0 Å². The summed E-state index contributed by atoms with van der Waals surface area (Å²) < 4.78 is 1.84. The van der Waals surface area contributed by atoms with Crippen molar-refractivity contribution in [2.75, 3.05) is 33.7 Å². The van der Waals surface area contributed by atoms with Crippen LogP contribution in [-0.2, 0) is 19.9 Å². The second kappa shape index (κ2) is 12.1. The van der Waals surface area contributed by atoms with Gasteiger partial charge in [0, 0.05) is 49.0 Å². The molecule has 8 heteroatoms. The molecule has 0 bridgehead atoms. The van der Waals surface area contributed by atoms with E-state index in [1.54, 1.807) is 0 Å². The zero-order valence-corrected chi connectivity index (χ0v) is 21.6. The van der Waals surface area contributed by atoms with Gasteiger partial charge in [0.15, 0.2) is 5.96 Å². The van der Waals surface area contributed by atoms with Crippen LogP contribution in [0.2, 0.25) is 0 Å². The molecule has 3 aromatic rings. The first-order valence-corrected chi connectivity index (χ1v) is 10.8. The summed E-state index contributed by atoms with van der Waals surface area (Å²) >= 11 is 0. The van der Waals surface area contributed by atoms with E-state index in [2.05, 4.69) is 84.2 Å². The van der Waals surface area contributed by atoms with Crippen LogP contribution in [-0.4, -0.2) is 59.4 Å². The van der Waals surface area contributed by atoms with E-state index >= 15 is 0 Å². The second-order valence-electron chi connectivity index (χ2n) is 7.83. The highest BCUT2D eigenvalue weighted by Gasteiger charge is 2.16. The average Bonchev–Trinajstić information content (AvgIpc) is 3.34. The third kappa shape index (κ3) is 6.46. The maximum Gasteiger partial charge on any atom is 0.191 e. The molecule has 0 saturated carbocycles. The van der Waals surface area contributed by atoms with Gasteiger partial charge in [0.1, 0.15) is 0 Å². The number of hydrogen-bond donors (Lipinski definition) is 3. The Hall–Kier alpha value is -2.07. The van der Waals surface area contributed by atoms with Crippen LogP contribution in [0.25, 0.3) is 10.9 Å².